The van der Waals surface area contributed by atoms with Crippen LogP contribution < -0.4 is 35.8 Å². The van der Waals surface area contributed by atoms with Crippen LogP contribution in [0.2, 0.25) is 0 Å². The lowest BCUT2D eigenvalue weighted by atomic mass is 9.76. The number of anilines is 1. The van der Waals surface area contributed by atoms with E-state index in [0.29, 0.717) is 31.6 Å². The van der Waals surface area contributed by atoms with Gasteiger partial charge in [0.25, 0.3) is 19.6 Å². The number of para-hydroxylation sites is 1. The summed E-state index contributed by atoms with van der Waals surface area (Å²) in [7, 11) is 1.23. The number of methoxy groups -OCH3 is 4. The largest absolute Gasteiger partial charge is 0.756 e. The van der Waals surface area contributed by atoms with Gasteiger partial charge in [0.1, 0.15) is 121 Å². The average molecular weight is 2040 g/mol. The highest BCUT2D eigenvalue weighted by atomic mass is 31.2. The maximum atomic E-state index is 13.9. The van der Waals surface area contributed by atoms with E-state index >= 15 is 0 Å². The van der Waals surface area contributed by atoms with Crippen molar-refractivity contribution in [2.75, 3.05) is 119 Å². The number of aliphatic hydroxyl groups excluding tert-OH is 14. The molecule has 7 aliphatic rings. The SMILES string of the molecule is CCCCCCC(=O)NCCOc1cc(C(=O)NCCO[C@H]2OC(CO[C@H]3CC(C(=O)OC)[C@@H](C(=O)OC)CC3O[C@H]3OC(CO)[C@@H](O)[C@H](O)C3O)[C@@H](O)[C@H](O)C2O)cc(C(=O)NCCO[C@H]2OC(CO[C@H]3CC(C(=O)OC)[C@@H](C(=O)OC)CC3O[C@H]3OC(CO)[C@@H](O)[C@H](O)C3O)[C@@H](O)[C@H](O)C2O)c1.COP(=O)([O-])OCCCCCCNC(=O)CCC(=O)N1Cc2ccccc2-c2n[nH]nc2-c2ccccc21. The second-order valence-electron chi connectivity index (χ2n) is 34.9. The van der Waals surface area contributed by atoms with Crippen LogP contribution in [0.1, 0.15) is 130 Å². The quantitative estimate of drug-likeness (QED) is 0.00861. The van der Waals surface area contributed by atoms with Gasteiger partial charge in [-0.05, 0) is 74.8 Å². The number of carbonyl (C=O) groups excluding carboxylic acids is 9. The number of ether oxygens (including phenoxy) is 15. The van der Waals surface area contributed by atoms with Crippen molar-refractivity contribution in [3.8, 4) is 28.3 Å². The van der Waals surface area contributed by atoms with Crippen LogP contribution in [0.3, 0.4) is 0 Å². The molecule has 51 heteroatoms. The lowest BCUT2D eigenvalue weighted by Crippen LogP contribution is -2.61. The fraction of sp³-hybridized carbons (Fsp3) is 0.681. The Morgan fingerprint density at radius 3 is 1.34 bits per heavy atom. The van der Waals surface area contributed by atoms with E-state index in [4.69, 9.17) is 71.1 Å². The lowest BCUT2D eigenvalue weighted by molar-refractivity contribution is -0.326. The van der Waals surface area contributed by atoms with Gasteiger partial charge in [0, 0.05) is 68.3 Å². The molecule has 19 N–H and O–H groups in total. The van der Waals surface area contributed by atoms with Crippen molar-refractivity contribution in [1.82, 2.24) is 36.7 Å². The van der Waals surface area contributed by atoms with E-state index in [1.54, 1.807) is 4.90 Å². The van der Waals surface area contributed by atoms with Gasteiger partial charge in [-0.15, -0.1) is 0 Å². The molecule has 142 heavy (non-hydrogen) atoms. The zero-order chi connectivity index (χ0) is 103. The summed E-state index contributed by atoms with van der Waals surface area (Å²) in [5, 5.41) is 171. The number of aliphatic hydroxyl groups is 14. The number of unbranched alkanes of at least 4 members (excludes halogenated alkanes) is 6. The van der Waals surface area contributed by atoms with Crippen molar-refractivity contribution < 1.29 is 204 Å². The zero-order valence-corrected chi connectivity index (χ0v) is 80.2. The number of hydrogen-bond acceptors (Lipinski definition) is 44. The summed E-state index contributed by atoms with van der Waals surface area (Å²) in [5.74, 6) is -10.3. The van der Waals surface area contributed by atoms with Crippen LogP contribution in [0.4, 0.5) is 5.69 Å². The first-order valence-corrected chi connectivity index (χ1v) is 48.4. The molecule has 2 aliphatic carbocycles. The fourth-order valence-electron chi connectivity index (χ4n) is 17.4. The first-order chi connectivity index (χ1) is 68.0. The third-order valence-corrected chi connectivity index (χ3v) is 26.4. The predicted octanol–water partition coefficient (Wildman–Crippen LogP) is -4.28. The number of amides is 5. The number of nitrogens with zero attached hydrogens (tertiary/aromatic N) is 3. The third kappa shape index (κ3) is 30.8. The average Bonchev–Trinajstić information content (AvgIpc) is 1.50. The summed E-state index contributed by atoms with van der Waals surface area (Å²) in [5.41, 5.74) is 4.53. The van der Waals surface area contributed by atoms with Gasteiger partial charge in [0.2, 0.25) is 17.7 Å². The van der Waals surface area contributed by atoms with Crippen molar-refractivity contribution in [3.05, 3.63) is 83.4 Å². The Balaban J connectivity index is 0.000000451. The molecule has 3 aromatic carbocycles. The second-order valence-corrected chi connectivity index (χ2v) is 36.4. The standard InChI is InChI=1S/C65H101N3O36.C26H32N5O6P/c1-6-7-8-9-10-43(71)66-11-14-94-30-18-28(56(84)67-12-15-95-62-52(80)50(78)46(74)41(103-62)26-97-35-20-31(58(86)90-2)33(60(88)92-4)22-37(35)99-64-54(82)48(76)44(72)39(24-69)101-64)17-29(19-30)57(85)68-13-16-96-63-53(81)51(79)47(75)42(104-63)27-98-36-21-32(59(87)91-3)34(61(89)93-5)23-38(36)100-65-55(83)49(77)45(73)40(25-70)102-65;1-36-38(34,35)37-17-9-3-2-8-16-27-23(32)14-15-24(33)31-18-19-10-4-5-11-20(19)25-26(29-30-28-25)21-12-6-7-13-22(21)31/h17-19,31-42,44-55,62-65,69-70,72-83H,6-16,20-27H2,1-5H3,(H,66,71)(H,67,84)(H,68,85);4-7,10-13H,2-3,8-9,14-18H2,1H3,(H,27,32)(H,34,35)(H,28,29,30)/p-1/t31?,32?,33-,34-,35-,36-,37?,38?,39?,40?,41?,42?,44+,45+,46+,47+,48-,49-,50-,51-,52?,53?,54?,55?,62-,63-,64-,65-;/m0./s1. The number of aromatic nitrogens is 3. The minimum Gasteiger partial charge on any atom is -0.756 e. The van der Waals surface area contributed by atoms with Gasteiger partial charge in [-0.3, -0.25) is 47.7 Å². The molecule has 6 heterocycles. The molecule has 0 bridgehead atoms. The highest BCUT2D eigenvalue weighted by Gasteiger charge is 2.55. The minimum absolute atomic E-state index is 0.000232. The van der Waals surface area contributed by atoms with Gasteiger partial charge in [-0.25, -0.2) is 0 Å². The van der Waals surface area contributed by atoms with E-state index in [2.05, 4.69) is 45.7 Å². The summed E-state index contributed by atoms with van der Waals surface area (Å²) < 4.78 is 104. The second kappa shape index (κ2) is 56.1. The fourth-order valence-corrected chi connectivity index (χ4v) is 17.9. The molecule has 50 nitrogen and oxygen atoms in total. The van der Waals surface area contributed by atoms with Crippen molar-refractivity contribution in [3.63, 3.8) is 0 Å². The van der Waals surface area contributed by atoms with E-state index in [0.717, 1.165) is 102 Å². The number of phosphoric acid groups is 1. The smallest absolute Gasteiger partial charge is 0.309 e. The molecule has 1 aromatic heterocycles. The lowest BCUT2D eigenvalue weighted by Gasteiger charge is -2.45. The van der Waals surface area contributed by atoms with Gasteiger partial charge < -0.3 is 183 Å². The first kappa shape index (κ1) is 115. The van der Waals surface area contributed by atoms with Gasteiger partial charge >= 0.3 is 23.9 Å². The van der Waals surface area contributed by atoms with Crippen molar-refractivity contribution >= 4 is 66.9 Å². The Labute approximate surface area is 816 Å². The number of carbonyl (C=O) groups is 9. The molecule has 5 aliphatic heterocycles. The Kier molecular flexibility index (Phi) is 45.4. The van der Waals surface area contributed by atoms with E-state index in [1.165, 1.54) is 18.2 Å². The van der Waals surface area contributed by atoms with Gasteiger partial charge in [0.05, 0.1) is 142 Å². The molecule has 2 saturated carbocycles. The topological polar surface area (TPSA) is 727 Å². The normalized spacial score (nSPS) is 30.5. The number of fused-ring (bicyclic) bond motifs is 5. The Bertz CT molecular complexity index is 4590. The van der Waals surface area contributed by atoms with Gasteiger partial charge in [0.15, 0.2) is 25.2 Å². The summed E-state index contributed by atoms with van der Waals surface area (Å²) >= 11 is 0. The zero-order valence-electron chi connectivity index (χ0n) is 79.3. The molecule has 13 unspecified atom stereocenters. The summed E-state index contributed by atoms with van der Waals surface area (Å²) in [6, 6.07) is 19.2. The molecule has 29 atom stereocenters. The van der Waals surface area contributed by atoms with Crippen molar-refractivity contribution in [2.45, 2.75) is 257 Å². The molecule has 0 radical (unpaired) electrons. The highest BCUT2D eigenvalue weighted by Crippen LogP contribution is 2.44. The predicted molar refractivity (Wildman–Crippen MR) is 481 cm³/mol. The maximum Gasteiger partial charge on any atom is 0.309 e. The maximum absolute atomic E-state index is 13.9. The van der Waals surface area contributed by atoms with Crippen LogP contribution in [-0.4, -0.2) is 402 Å². The Morgan fingerprint density at radius 2 is 0.859 bits per heavy atom. The van der Waals surface area contributed by atoms with E-state index < -0.39 is 254 Å². The van der Waals surface area contributed by atoms with Crippen molar-refractivity contribution in [1.29, 1.82) is 0 Å². The molecular weight excluding hydrogens is 1910 g/mol. The van der Waals surface area contributed by atoms with Crippen LogP contribution in [-0.2, 0) is 120 Å². The molecular formula is C91H132N8O42P-. The van der Waals surface area contributed by atoms with Crippen LogP contribution in [0, 0.1) is 23.7 Å². The molecule has 4 saturated heterocycles. The Hall–Kier alpha value is -9.02. The number of phosphoric ester groups is 1. The van der Waals surface area contributed by atoms with E-state index in [9.17, 15) is 124 Å². The molecule has 11 rings (SSSR count). The number of esters is 4. The number of benzene rings is 3. The third-order valence-electron chi connectivity index (χ3n) is 25.4. The minimum atomic E-state index is -4.17. The van der Waals surface area contributed by atoms with Crippen LogP contribution in [0.5, 0.6) is 5.75 Å². The summed E-state index contributed by atoms with van der Waals surface area (Å²) in [4.78, 5) is 131. The molecule has 0 spiro atoms. The number of nitrogens with one attached hydrogen (secondary N) is 5. The summed E-state index contributed by atoms with van der Waals surface area (Å²) in [6.45, 7) is -1.46. The van der Waals surface area contributed by atoms with E-state index in [-0.39, 0.29) is 112 Å². The number of H-pyrrole nitrogens is 1. The molecule has 794 valence electrons. The van der Waals surface area contributed by atoms with Crippen LogP contribution in [0.15, 0.2) is 66.7 Å². The summed E-state index contributed by atoms with van der Waals surface area (Å²) in [6.07, 6.45) is -34.5. The number of aromatic amines is 1. The van der Waals surface area contributed by atoms with Gasteiger partial charge in [-0.2, -0.15) is 15.4 Å². The molecule has 6 fully saturated rings. The van der Waals surface area contributed by atoms with Crippen LogP contribution >= 0.6 is 7.82 Å². The molecule has 5 amide bonds. The Morgan fingerprint density at radius 1 is 0.444 bits per heavy atom. The number of hydrogen-bond donors (Lipinski definition) is 19. The first-order valence-electron chi connectivity index (χ1n) is 46.9. The monoisotopic (exact) mass is 2040 g/mol. The highest BCUT2D eigenvalue weighted by molar-refractivity contribution is 7.45. The van der Waals surface area contributed by atoms with Gasteiger partial charge in [-0.1, -0.05) is 81.5 Å². The number of rotatable bonds is 47. The molecule has 4 aromatic rings. The van der Waals surface area contributed by atoms with E-state index in [1.807, 2.05) is 55.5 Å². The van der Waals surface area contributed by atoms with Crippen LogP contribution in [0.25, 0.3) is 22.5 Å². The van der Waals surface area contributed by atoms with Crippen molar-refractivity contribution in [2.24, 2.45) is 23.7 Å².